The zero-order valence-electron chi connectivity index (χ0n) is 12.4. The number of halogens is 1. The molecule has 0 aromatic heterocycles. The average molecular weight is 295 g/mol. The lowest BCUT2D eigenvalue weighted by atomic mass is 10.1. The van der Waals surface area contributed by atoms with E-state index in [1.165, 1.54) is 18.2 Å². The van der Waals surface area contributed by atoms with Crippen LogP contribution in [0.3, 0.4) is 0 Å². The molecular weight excluding hydrogens is 273 g/mol. The van der Waals surface area contributed by atoms with Gasteiger partial charge in [-0.15, -0.1) is 0 Å². The highest BCUT2D eigenvalue weighted by Crippen LogP contribution is 2.10. The van der Waals surface area contributed by atoms with Crippen LogP contribution in [0.15, 0.2) is 18.2 Å². The molecule has 0 aliphatic heterocycles. The van der Waals surface area contributed by atoms with Crippen molar-refractivity contribution in [2.24, 2.45) is 5.73 Å². The largest absolute Gasteiger partial charge is 0.366 e. The summed E-state index contributed by atoms with van der Waals surface area (Å²) in [5.41, 5.74) is 5.77. The van der Waals surface area contributed by atoms with Crippen molar-refractivity contribution < 1.29 is 14.0 Å². The Bertz CT molecular complexity index is 506. The van der Waals surface area contributed by atoms with Crippen molar-refractivity contribution in [3.05, 3.63) is 35.1 Å². The number of rotatable bonds is 8. The first-order valence-corrected chi connectivity index (χ1v) is 7.02. The SMILES string of the molecule is CCC(C)NC(=O)CCNCc1cc(C(N)=O)ccc1F. The summed E-state index contributed by atoms with van der Waals surface area (Å²) in [5, 5.41) is 5.83. The molecular formula is C15H22FN3O2. The molecule has 4 N–H and O–H groups in total. The third-order valence-corrected chi connectivity index (χ3v) is 3.19. The van der Waals surface area contributed by atoms with E-state index in [0.29, 0.717) is 18.5 Å². The van der Waals surface area contributed by atoms with E-state index in [1.54, 1.807) is 0 Å². The zero-order chi connectivity index (χ0) is 15.8. The van der Waals surface area contributed by atoms with Crippen molar-refractivity contribution in [1.82, 2.24) is 10.6 Å². The summed E-state index contributed by atoms with van der Waals surface area (Å²) in [7, 11) is 0. The Morgan fingerprint density at radius 2 is 2.10 bits per heavy atom. The molecule has 0 saturated heterocycles. The van der Waals surface area contributed by atoms with Gasteiger partial charge in [0.15, 0.2) is 0 Å². The summed E-state index contributed by atoms with van der Waals surface area (Å²) < 4.78 is 13.6. The predicted molar refractivity (Wildman–Crippen MR) is 79.1 cm³/mol. The number of carbonyl (C=O) groups is 2. The summed E-state index contributed by atoms with van der Waals surface area (Å²) >= 11 is 0. The lowest BCUT2D eigenvalue weighted by Gasteiger charge is -2.11. The highest BCUT2D eigenvalue weighted by molar-refractivity contribution is 5.92. The van der Waals surface area contributed by atoms with Gasteiger partial charge in [-0.3, -0.25) is 9.59 Å². The second-order valence-electron chi connectivity index (χ2n) is 4.97. The molecule has 0 bridgehead atoms. The maximum atomic E-state index is 13.6. The lowest BCUT2D eigenvalue weighted by molar-refractivity contribution is -0.121. The molecule has 1 aromatic carbocycles. The number of carbonyl (C=O) groups excluding carboxylic acids is 2. The Kier molecular flexibility index (Phi) is 6.81. The second-order valence-corrected chi connectivity index (χ2v) is 4.97. The molecule has 0 aliphatic rings. The van der Waals surface area contributed by atoms with Crippen molar-refractivity contribution in [3.63, 3.8) is 0 Å². The van der Waals surface area contributed by atoms with Gasteiger partial charge in [0, 0.05) is 36.7 Å². The number of nitrogens with two attached hydrogens (primary N) is 1. The highest BCUT2D eigenvalue weighted by atomic mass is 19.1. The smallest absolute Gasteiger partial charge is 0.248 e. The van der Waals surface area contributed by atoms with E-state index in [0.717, 1.165) is 6.42 Å². The Hall–Kier alpha value is -1.95. The van der Waals surface area contributed by atoms with Gasteiger partial charge < -0.3 is 16.4 Å². The fraction of sp³-hybridized carbons (Fsp3) is 0.467. The van der Waals surface area contributed by atoms with Gasteiger partial charge in [0.05, 0.1) is 0 Å². The number of benzene rings is 1. The van der Waals surface area contributed by atoms with Gasteiger partial charge in [-0.1, -0.05) is 6.92 Å². The summed E-state index contributed by atoms with van der Waals surface area (Å²) in [6.45, 7) is 4.61. The molecule has 0 heterocycles. The van der Waals surface area contributed by atoms with Gasteiger partial charge in [-0.25, -0.2) is 4.39 Å². The minimum absolute atomic E-state index is 0.0387. The molecule has 0 fully saturated rings. The fourth-order valence-electron chi connectivity index (χ4n) is 1.74. The number of hydrogen-bond acceptors (Lipinski definition) is 3. The Morgan fingerprint density at radius 3 is 2.71 bits per heavy atom. The van der Waals surface area contributed by atoms with E-state index in [9.17, 15) is 14.0 Å². The van der Waals surface area contributed by atoms with Crippen LogP contribution in [0, 0.1) is 5.82 Å². The second kappa shape index (κ2) is 8.36. The van der Waals surface area contributed by atoms with Crippen LogP contribution in [0.2, 0.25) is 0 Å². The van der Waals surface area contributed by atoms with E-state index in [2.05, 4.69) is 10.6 Å². The first-order valence-electron chi connectivity index (χ1n) is 7.02. The molecule has 0 radical (unpaired) electrons. The van der Waals surface area contributed by atoms with E-state index >= 15 is 0 Å². The summed E-state index contributed by atoms with van der Waals surface area (Å²) in [5.74, 6) is -1.04. The highest BCUT2D eigenvalue weighted by Gasteiger charge is 2.08. The van der Waals surface area contributed by atoms with Gasteiger partial charge in [-0.2, -0.15) is 0 Å². The number of primary amides is 1. The maximum Gasteiger partial charge on any atom is 0.248 e. The van der Waals surface area contributed by atoms with Crippen LogP contribution in [0.25, 0.3) is 0 Å². The summed E-state index contributed by atoms with van der Waals surface area (Å²) in [6, 6.07) is 4.14. The van der Waals surface area contributed by atoms with Crippen molar-refractivity contribution in [2.45, 2.75) is 39.3 Å². The molecule has 1 atom stereocenters. The number of nitrogens with one attached hydrogen (secondary N) is 2. The molecule has 6 heteroatoms. The van der Waals surface area contributed by atoms with Gasteiger partial charge in [0.25, 0.3) is 0 Å². The molecule has 0 aliphatic carbocycles. The van der Waals surface area contributed by atoms with Crippen molar-refractivity contribution in [1.29, 1.82) is 0 Å². The minimum Gasteiger partial charge on any atom is -0.366 e. The fourth-order valence-corrected chi connectivity index (χ4v) is 1.74. The lowest BCUT2D eigenvalue weighted by Crippen LogP contribution is -2.33. The zero-order valence-corrected chi connectivity index (χ0v) is 12.4. The molecule has 2 amide bonds. The van der Waals surface area contributed by atoms with E-state index in [4.69, 9.17) is 5.73 Å². The van der Waals surface area contributed by atoms with Gasteiger partial charge in [0.2, 0.25) is 11.8 Å². The van der Waals surface area contributed by atoms with Crippen LogP contribution in [0.1, 0.15) is 42.6 Å². The normalized spacial score (nSPS) is 12.0. The van der Waals surface area contributed by atoms with E-state index in [1.807, 2.05) is 13.8 Å². The van der Waals surface area contributed by atoms with Crippen molar-refractivity contribution in [3.8, 4) is 0 Å². The maximum absolute atomic E-state index is 13.6. The van der Waals surface area contributed by atoms with Gasteiger partial charge >= 0.3 is 0 Å². The molecule has 1 rings (SSSR count). The predicted octanol–water partition coefficient (Wildman–Crippen LogP) is 1.32. The monoisotopic (exact) mass is 295 g/mol. The van der Waals surface area contributed by atoms with Crippen LogP contribution in [0.5, 0.6) is 0 Å². The first-order chi connectivity index (χ1) is 9.93. The first kappa shape index (κ1) is 17.1. The third-order valence-electron chi connectivity index (χ3n) is 3.19. The molecule has 0 saturated carbocycles. The Labute approximate surface area is 124 Å². The Balaban J connectivity index is 2.40. The van der Waals surface area contributed by atoms with Gasteiger partial charge in [-0.05, 0) is 31.5 Å². The Morgan fingerprint density at radius 1 is 1.38 bits per heavy atom. The molecule has 5 nitrogen and oxygen atoms in total. The third kappa shape index (κ3) is 5.91. The van der Waals surface area contributed by atoms with Crippen LogP contribution in [0.4, 0.5) is 4.39 Å². The van der Waals surface area contributed by atoms with Crippen LogP contribution in [-0.4, -0.2) is 24.4 Å². The summed E-state index contributed by atoms with van der Waals surface area (Å²) in [6.07, 6.45) is 1.20. The van der Waals surface area contributed by atoms with Gasteiger partial charge in [0.1, 0.15) is 5.82 Å². The molecule has 1 unspecified atom stereocenters. The van der Waals surface area contributed by atoms with Crippen LogP contribution in [-0.2, 0) is 11.3 Å². The van der Waals surface area contributed by atoms with Crippen molar-refractivity contribution >= 4 is 11.8 Å². The molecule has 0 spiro atoms. The number of hydrogen-bond donors (Lipinski definition) is 3. The topological polar surface area (TPSA) is 84.2 Å². The minimum atomic E-state index is -0.593. The average Bonchev–Trinajstić information content (AvgIpc) is 2.44. The number of amides is 2. The standard InChI is InChI=1S/C15H22FN3O2/c1-3-10(2)19-14(20)6-7-18-9-12-8-11(15(17)21)4-5-13(12)16/h4-5,8,10,18H,3,6-7,9H2,1-2H3,(H2,17,21)(H,19,20). The quantitative estimate of drug-likeness (QED) is 0.632. The van der Waals surface area contributed by atoms with Crippen LogP contribution < -0.4 is 16.4 Å². The molecule has 21 heavy (non-hydrogen) atoms. The van der Waals surface area contributed by atoms with E-state index in [-0.39, 0.29) is 24.1 Å². The molecule has 1 aromatic rings. The van der Waals surface area contributed by atoms with Crippen LogP contribution >= 0.6 is 0 Å². The van der Waals surface area contributed by atoms with Crippen molar-refractivity contribution in [2.75, 3.05) is 6.54 Å². The molecule has 116 valence electrons. The van der Waals surface area contributed by atoms with E-state index < -0.39 is 11.7 Å². The summed E-state index contributed by atoms with van der Waals surface area (Å²) in [4.78, 5) is 22.6.